The summed E-state index contributed by atoms with van der Waals surface area (Å²) >= 11 is 0. The van der Waals surface area contributed by atoms with E-state index in [-0.39, 0.29) is 11.4 Å². The molecule has 0 aromatic heterocycles. The minimum Gasteiger partial charge on any atom is -0.465 e. The van der Waals surface area contributed by atoms with Crippen molar-refractivity contribution in [3.8, 4) is 0 Å². The minimum atomic E-state index is -0.129. The first-order chi connectivity index (χ1) is 10.4. The summed E-state index contributed by atoms with van der Waals surface area (Å²) in [6, 6.07) is 0. The van der Waals surface area contributed by atoms with Crippen LogP contribution in [0.4, 0.5) is 0 Å². The van der Waals surface area contributed by atoms with Crippen molar-refractivity contribution in [2.45, 2.75) is 72.1 Å². The third kappa shape index (κ3) is 2.41. The number of hydrogen-bond donors (Lipinski definition) is 0. The molecule has 0 aromatic carbocycles. The van der Waals surface area contributed by atoms with E-state index in [2.05, 4.69) is 20.8 Å². The summed E-state index contributed by atoms with van der Waals surface area (Å²) in [6.45, 7) is 7.38. The molecule has 0 amide bonds. The third-order valence-corrected chi connectivity index (χ3v) is 7.31. The van der Waals surface area contributed by atoms with Crippen LogP contribution in [0.1, 0.15) is 72.1 Å². The van der Waals surface area contributed by atoms with Gasteiger partial charge in [-0.1, -0.05) is 20.8 Å². The van der Waals surface area contributed by atoms with Gasteiger partial charge in [-0.25, -0.2) is 0 Å². The molecule has 0 saturated heterocycles. The molecule has 2 unspecified atom stereocenters. The van der Waals surface area contributed by atoms with Crippen molar-refractivity contribution in [2.75, 3.05) is 6.61 Å². The predicted octanol–water partition coefficient (Wildman–Crippen LogP) is 4.82. The average molecular weight is 304 g/mol. The fraction of sp³-hybridized carbons (Fsp3) is 0.950. The highest BCUT2D eigenvalue weighted by Crippen LogP contribution is 2.61. The molecule has 5 saturated carbocycles. The fourth-order valence-electron chi connectivity index (χ4n) is 6.70. The summed E-state index contributed by atoms with van der Waals surface area (Å²) in [5.74, 6) is 4.05. The first-order valence-electron chi connectivity index (χ1n) is 9.58. The number of esters is 1. The molecule has 5 aliphatic rings. The summed E-state index contributed by atoms with van der Waals surface area (Å²) in [4.78, 5) is 12.7. The van der Waals surface area contributed by atoms with Gasteiger partial charge in [0.1, 0.15) is 0 Å². The quantitative estimate of drug-likeness (QED) is 0.681. The smallest absolute Gasteiger partial charge is 0.312 e. The van der Waals surface area contributed by atoms with E-state index in [4.69, 9.17) is 4.74 Å². The van der Waals surface area contributed by atoms with Crippen LogP contribution in [-0.2, 0) is 9.53 Å². The molecule has 5 rings (SSSR count). The summed E-state index contributed by atoms with van der Waals surface area (Å²) in [6.07, 6.45) is 10.4. The molecule has 2 nitrogen and oxygen atoms in total. The highest BCUT2D eigenvalue weighted by atomic mass is 16.5. The number of ether oxygens (including phenoxy) is 1. The Balaban J connectivity index is 1.39. The Morgan fingerprint density at radius 3 is 1.95 bits per heavy atom. The van der Waals surface area contributed by atoms with E-state index < -0.39 is 0 Å². The Morgan fingerprint density at radius 2 is 1.55 bits per heavy atom. The molecular formula is C20H32O2. The fourth-order valence-corrected chi connectivity index (χ4v) is 6.70. The monoisotopic (exact) mass is 304 g/mol. The van der Waals surface area contributed by atoms with Crippen LogP contribution in [0.5, 0.6) is 0 Å². The van der Waals surface area contributed by atoms with Crippen molar-refractivity contribution in [3.05, 3.63) is 0 Å². The molecule has 0 heterocycles. The lowest BCUT2D eigenvalue weighted by atomic mass is 9.50. The lowest BCUT2D eigenvalue weighted by Gasteiger charge is -2.56. The van der Waals surface area contributed by atoms with Crippen molar-refractivity contribution < 1.29 is 9.53 Å². The molecule has 2 heteroatoms. The summed E-state index contributed by atoms with van der Waals surface area (Å²) in [7, 11) is 0. The Kier molecular flexibility index (Phi) is 3.40. The second kappa shape index (κ2) is 4.98. The summed E-state index contributed by atoms with van der Waals surface area (Å²) < 4.78 is 5.99. The zero-order chi connectivity index (χ0) is 15.5. The number of hydrogen-bond acceptors (Lipinski definition) is 2. The molecule has 0 spiro atoms. The Labute approximate surface area is 135 Å². The Bertz CT molecular complexity index is 431. The van der Waals surface area contributed by atoms with E-state index in [0.29, 0.717) is 17.3 Å². The van der Waals surface area contributed by atoms with Crippen LogP contribution in [-0.4, -0.2) is 12.6 Å². The van der Waals surface area contributed by atoms with Gasteiger partial charge in [-0.3, -0.25) is 4.79 Å². The molecule has 5 aliphatic carbocycles. The molecular weight excluding hydrogens is 272 g/mol. The highest BCUT2D eigenvalue weighted by molar-refractivity contribution is 5.80. The van der Waals surface area contributed by atoms with Gasteiger partial charge in [0.25, 0.3) is 0 Å². The van der Waals surface area contributed by atoms with Crippen LogP contribution < -0.4 is 0 Å². The number of rotatable bonds is 5. The number of carbonyl (C=O) groups is 1. The van der Waals surface area contributed by atoms with Gasteiger partial charge < -0.3 is 4.74 Å². The van der Waals surface area contributed by atoms with Gasteiger partial charge in [0.05, 0.1) is 12.0 Å². The van der Waals surface area contributed by atoms with Gasteiger partial charge in [-0.2, -0.15) is 0 Å². The van der Waals surface area contributed by atoms with E-state index >= 15 is 0 Å². The van der Waals surface area contributed by atoms with Crippen LogP contribution in [0, 0.1) is 40.4 Å². The van der Waals surface area contributed by atoms with Crippen molar-refractivity contribution in [2.24, 2.45) is 40.4 Å². The zero-order valence-corrected chi connectivity index (χ0v) is 14.6. The van der Waals surface area contributed by atoms with Gasteiger partial charge in [0.2, 0.25) is 0 Å². The minimum absolute atomic E-state index is 0.129. The maximum Gasteiger partial charge on any atom is 0.312 e. The van der Waals surface area contributed by atoms with E-state index in [1.807, 2.05) is 0 Å². The van der Waals surface area contributed by atoms with Crippen LogP contribution in [0.3, 0.4) is 0 Å². The van der Waals surface area contributed by atoms with Crippen LogP contribution in [0.15, 0.2) is 0 Å². The Hall–Kier alpha value is -0.530. The summed E-state index contributed by atoms with van der Waals surface area (Å²) in [5.41, 5.74) is 0.234. The van der Waals surface area contributed by atoms with E-state index in [1.165, 1.54) is 38.5 Å². The molecule has 2 atom stereocenters. The maximum atomic E-state index is 12.7. The normalized spacial score (nSPS) is 48.7. The predicted molar refractivity (Wildman–Crippen MR) is 87.2 cm³/mol. The van der Waals surface area contributed by atoms with Crippen molar-refractivity contribution in [3.63, 3.8) is 0 Å². The molecule has 0 radical (unpaired) electrons. The topological polar surface area (TPSA) is 26.3 Å². The Morgan fingerprint density at radius 1 is 1.05 bits per heavy atom. The summed E-state index contributed by atoms with van der Waals surface area (Å²) in [5, 5.41) is 0. The number of carbonyl (C=O) groups excluding carboxylic acids is 1. The van der Waals surface area contributed by atoms with Gasteiger partial charge >= 0.3 is 5.97 Å². The van der Waals surface area contributed by atoms with Gasteiger partial charge in [0.15, 0.2) is 0 Å². The van der Waals surface area contributed by atoms with Gasteiger partial charge in [-0.15, -0.1) is 0 Å². The van der Waals surface area contributed by atoms with Crippen molar-refractivity contribution in [1.29, 1.82) is 0 Å². The standard InChI is InChI=1S/C20H32O2/c1-13(2)7-20(8-14(20)3)18(21)22-12-19-9-15-4-16(10-19)6-17(5-15)11-19/h13-17H,4-12H2,1-3H3. The third-order valence-electron chi connectivity index (χ3n) is 7.31. The van der Waals surface area contributed by atoms with Gasteiger partial charge in [0, 0.05) is 5.41 Å². The van der Waals surface area contributed by atoms with E-state index in [1.54, 1.807) is 0 Å². The molecule has 0 aliphatic heterocycles. The SMILES string of the molecule is CC(C)CC1(C(=O)OCC23CC4CC(CC(C4)C2)C3)CC1C. The first kappa shape index (κ1) is 15.0. The van der Waals surface area contributed by atoms with Crippen LogP contribution >= 0.6 is 0 Å². The highest BCUT2D eigenvalue weighted by Gasteiger charge is 2.59. The van der Waals surface area contributed by atoms with Crippen LogP contribution in [0.2, 0.25) is 0 Å². The van der Waals surface area contributed by atoms with E-state index in [0.717, 1.165) is 37.2 Å². The van der Waals surface area contributed by atoms with Crippen molar-refractivity contribution >= 4 is 5.97 Å². The molecule has 5 fully saturated rings. The first-order valence-corrected chi connectivity index (χ1v) is 9.58. The lowest BCUT2D eigenvalue weighted by molar-refractivity contribution is -0.163. The molecule has 0 aromatic rings. The molecule has 0 N–H and O–H groups in total. The second-order valence-corrected chi connectivity index (χ2v) is 9.85. The molecule has 4 bridgehead atoms. The molecule has 124 valence electrons. The zero-order valence-electron chi connectivity index (χ0n) is 14.6. The lowest BCUT2D eigenvalue weighted by Crippen LogP contribution is -2.48. The largest absolute Gasteiger partial charge is 0.465 e. The van der Waals surface area contributed by atoms with Crippen molar-refractivity contribution in [1.82, 2.24) is 0 Å². The van der Waals surface area contributed by atoms with Gasteiger partial charge in [-0.05, 0) is 81.0 Å². The maximum absolute atomic E-state index is 12.7. The second-order valence-electron chi connectivity index (χ2n) is 9.85. The van der Waals surface area contributed by atoms with E-state index in [9.17, 15) is 4.79 Å². The molecule has 22 heavy (non-hydrogen) atoms. The average Bonchev–Trinajstić information content (AvgIpc) is 3.05. The van der Waals surface area contributed by atoms with Crippen LogP contribution in [0.25, 0.3) is 0 Å².